The highest BCUT2D eigenvalue weighted by Crippen LogP contribution is 2.26. The quantitative estimate of drug-likeness (QED) is 0.247. The zero-order valence-corrected chi connectivity index (χ0v) is 23.3. The highest BCUT2D eigenvalue weighted by molar-refractivity contribution is 7.89. The summed E-state index contributed by atoms with van der Waals surface area (Å²) < 4.78 is 65.9. The van der Waals surface area contributed by atoms with Crippen molar-refractivity contribution in [3.8, 4) is 0 Å². The molecule has 0 fully saturated rings. The SMILES string of the molecule is Cc1ccc(S(=O)(=O)OC[C@H](Cc2ccccc2)N(C[C@@H](O)c2ccco2)S(=O)(=O)c2ccc(C)cc2)cc1. The van der Waals surface area contributed by atoms with Crippen molar-refractivity contribution in [3.05, 3.63) is 120 Å². The van der Waals surface area contributed by atoms with Crippen LogP contribution >= 0.6 is 0 Å². The van der Waals surface area contributed by atoms with Gasteiger partial charge in [0.25, 0.3) is 10.1 Å². The maximum absolute atomic E-state index is 14.0. The molecule has 1 aromatic heterocycles. The molecule has 0 aliphatic carbocycles. The third-order valence-electron chi connectivity index (χ3n) is 6.30. The number of aryl methyl sites for hydroxylation is 2. The Balaban J connectivity index is 1.73. The number of hydrogen-bond acceptors (Lipinski definition) is 7. The molecule has 3 aromatic carbocycles. The first-order valence-electron chi connectivity index (χ1n) is 12.4. The lowest BCUT2D eigenvalue weighted by atomic mass is 10.1. The summed E-state index contributed by atoms with van der Waals surface area (Å²) in [6.45, 7) is 2.83. The molecular formula is C29H31NO7S2. The molecule has 0 aliphatic heterocycles. The summed E-state index contributed by atoms with van der Waals surface area (Å²) in [6.07, 6.45) is 0.225. The molecule has 0 unspecified atom stereocenters. The minimum absolute atomic E-state index is 0.0131. The first-order chi connectivity index (χ1) is 18.6. The van der Waals surface area contributed by atoms with Gasteiger partial charge in [-0.3, -0.25) is 4.18 Å². The predicted octanol–water partition coefficient (Wildman–Crippen LogP) is 4.64. The standard InChI is InChI=1S/C29H31NO7S2/c1-22-10-14-26(15-11-22)38(32,33)30(20-28(31)29-9-6-18-36-29)25(19-24-7-4-3-5-8-24)21-37-39(34,35)27-16-12-23(2)13-17-27/h3-18,25,28,31H,19-21H2,1-2H3/t25-,28+/m0/s1. The molecule has 4 aromatic rings. The Morgan fingerprint density at radius 1 is 0.795 bits per heavy atom. The summed E-state index contributed by atoms with van der Waals surface area (Å²) in [7, 11) is -8.39. The molecule has 8 nitrogen and oxygen atoms in total. The molecule has 0 bridgehead atoms. The molecule has 2 atom stereocenters. The molecule has 0 aliphatic rings. The maximum Gasteiger partial charge on any atom is 0.297 e. The highest BCUT2D eigenvalue weighted by atomic mass is 32.2. The van der Waals surface area contributed by atoms with Crippen LogP contribution in [0.1, 0.15) is 28.6 Å². The smallest absolute Gasteiger partial charge is 0.297 e. The van der Waals surface area contributed by atoms with Gasteiger partial charge in [0.05, 0.1) is 28.7 Å². The fraction of sp³-hybridized carbons (Fsp3) is 0.241. The van der Waals surface area contributed by atoms with E-state index in [4.69, 9.17) is 8.60 Å². The number of hydrogen-bond donors (Lipinski definition) is 1. The third-order valence-corrected chi connectivity index (χ3v) is 9.53. The first-order valence-corrected chi connectivity index (χ1v) is 15.2. The molecule has 0 radical (unpaired) electrons. The minimum atomic E-state index is -4.20. The van der Waals surface area contributed by atoms with Crippen molar-refractivity contribution < 1.29 is 30.5 Å². The summed E-state index contributed by atoms with van der Waals surface area (Å²) in [5.41, 5.74) is 2.54. The second-order valence-corrected chi connectivity index (χ2v) is 12.8. The average molecular weight is 570 g/mol. The summed E-state index contributed by atoms with van der Waals surface area (Å²) >= 11 is 0. The summed E-state index contributed by atoms with van der Waals surface area (Å²) in [6, 6.07) is 23.8. The van der Waals surface area contributed by atoms with Gasteiger partial charge in [-0.05, 0) is 62.2 Å². The van der Waals surface area contributed by atoms with Crippen molar-refractivity contribution in [1.82, 2.24) is 4.31 Å². The maximum atomic E-state index is 14.0. The van der Waals surface area contributed by atoms with Crippen LogP contribution in [0.3, 0.4) is 0 Å². The van der Waals surface area contributed by atoms with E-state index < -0.39 is 38.9 Å². The van der Waals surface area contributed by atoms with Gasteiger partial charge >= 0.3 is 0 Å². The van der Waals surface area contributed by atoms with Gasteiger partial charge < -0.3 is 9.52 Å². The minimum Gasteiger partial charge on any atom is -0.467 e. The van der Waals surface area contributed by atoms with Crippen LogP contribution in [0.4, 0.5) is 0 Å². The monoisotopic (exact) mass is 569 g/mol. The number of aliphatic hydroxyl groups is 1. The largest absolute Gasteiger partial charge is 0.467 e. The van der Waals surface area contributed by atoms with Gasteiger partial charge in [-0.2, -0.15) is 12.7 Å². The van der Waals surface area contributed by atoms with Crippen molar-refractivity contribution in [2.75, 3.05) is 13.2 Å². The molecule has 0 saturated carbocycles. The number of benzene rings is 3. The molecule has 0 spiro atoms. The highest BCUT2D eigenvalue weighted by Gasteiger charge is 2.35. The number of sulfonamides is 1. The van der Waals surface area contributed by atoms with Gasteiger partial charge in [0.15, 0.2) is 0 Å². The lowest BCUT2D eigenvalue weighted by Gasteiger charge is -2.32. The van der Waals surface area contributed by atoms with Gasteiger partial charge in [-0.15, -0.1) is 0 Å². The Kier molecular flexibility index (Phi) is 9.04. The summed E-state index contributed by atoms with van der Waals surface area (Å²) in [5, 5.41) is 10.9. The molecule has 1 N–H and O–H groups in total. The summed E-state index contributed by atoms with van der Waals surface area (Å²) in [5.74, 6) is 0.186. The lowest BCUT2D eigenvalue weighted by molar-refractivity contribution is 0.100. The third kappa shape index (κ3) is 7.23. The van der Waals surface area contributed by atoms with Gasteiger partial charge in [0.2, 0.25) is 10.0 Å². The van der Waals surface area contributed by atoms with Gasteiger partial charge in [-0.1, -0.05) is 65.7 Å². The van der Waals surface area contributed by atoms with Crippen LogP contribution in [0.25, 0.3) is 0 Å². The van der Waals surface area contributed by atoms with Gasteiger partial charge in [0.1, 0.15) is 11.9 Å². The van der Waals surface area contributed by atoms with Crippen LogP contribution in [0.2, 0.25) is 0 Å². The topological polar surface area (TPSA) is 114 Å². The predicted molar refractivity (Wildman–Crippen MR) is 147 cm³/mol. The van der Waals surface area contributed by atoms with E-state index in [1.54, 1.807) is 36.4 Å². The zero-order valence-electron chi connectivity index (χ0n) is 21.7. The van der Waals surface area contributed by atoms with Crippen LogP contribution in [0.5, 0.6) is 0 Å². The van der Waals surface area contributed by atoms with E-state index in [2.05, 4.69) is 0 Å². The molecule has 0 saturated heterocycles. The zero-order chi connectivity index (χ0) is 28.0. The second-order valence-electron chi connectivity index (χ2n) is 9.31. The van der Waals surface area contributed by atoms with E-state index >= 15 is 0 Å². The molecule has 4 rings (SSSR count). The van der Waals surface area contributed by atoms with Crippen LogP contribution in [-0.2, 0) is 30.7 Å². The Morgan fingerprint density at radius 2 is 1.38 bits per heavy atom. The molecular weight excluding hydrogens is 538 g/mol. The molecule has 0 amide bonds. The van der Waals surface area contributed by atoms with E-state index in [1.807, 2.05) is 44.2 Å². The van der Waals surface area contributed by atoms with Crippen molar-refractivity contribution >= 4 is 20.1 Å². The average Bonchev–Trinajstić information content (AvgIpc) is 3.46. The number of furan rings is 1. The Labute approximate surface area is 229 Å². The Hall–Kier alpha value is -3.28. The summed E-state index contributed by atoms with van der Waals surface area (Å²) in [4.78, 5) is -0.0191. The normalized spacial score (nSPS) is 13.8. The van der Waals surface area contributed by atoms with Crippen molar-refractivity contribution in [1.29, 1.82) is 0 Å². The molecule has 1 heterocycles. The van der Waals surface area contributed by atoms with E-state index in [-0.39, 0.29) is 28.5 Å². The van der Waals surface area contributed by atoms with Crippen LogP contribution in [-0.4, -0.2) is 45.4 Å². The Bertz CT molecular complexity index is 1550. The van der Waals surface area contributed by atoms with Crippen molar-refractivity contribution in [3.63, 3.8) is 0 Å². The van der Waals surface area contributed by atoms with Crippen LogP contribution < -0.4 is 0 Å². The van der Waals surface area contributed by atoms with Crippen LogP contribution in [0.15, 0.2) is 111 Å². The van der Waals surface area contributed by atoms with Crippen LogP contribution in [0, 0.1) is 13.8 Å². The van der Waals surface area contributed by atoms with E-state index in [0.717, 1.165) is 21.0 Å². The molecule has 39 heavy (non-hydrogen) atoms. The van der Waals surface area contributed by atoms with Gasteiger partial charge in [-0.25, -0.2) is 8.42 Å². The molecule has 10 heteroatoms. The lowest BCUT2D eigenvalue weighted by Crippen LogP contribution is -2.46. The van der Waals surface area contributed by atoms with E-state index in [1.165, 1.54) is 30.5 Å². The van der Waals surface area contributed by atoms with Crippen molar-refractivity contribution in [2.24, 2.45) is 0 Å². The Morgan fingerprint density at radius 3 is 1.95 bits per heavy atom. The van der Waals surface area contributed by atoms with E-state index in [0.29, 0.717) is 0 Å². The number of aliphatic hydroxyl groups excluding tert-OH is 1. The molecule has 206 valence electrons. The fourth-order valence-corrected chi connectivity index (χ4v) is 6.66. The van der Waals surface area contributed by atoms with E-state index in [9.17, 15) is 21.9 Å². The number of rotatable bonds is 12. The van der Waals surface area contributed by atoms with Gasteiger partial charge in [0, 0.05) is 6.54 Å². The first kappa shape index (κ1) is 28.7. The fourth-order valence-electron chi connectivity index (χ4n) is 4.10. The number of nitrogens with zero attached hydrogens (tertiary/aromatic N) is 1. The second kappa shape index (κ2) is 12.3. The van der Waals surface area contributed by atoms with Crippen molar-refractivity contribution in [2.45, 2.75) is 42.2 Å².